The number of amides is 2. The molecule has 2 fully saturated rings. The maximum Gasteiger partial charge on any atom is 0.494 e. The summed E-state index contributed by atoms with van der Waals surface area (Å²) in [7, 11) is -0.509. The third-order valence-electron chi connectivity index (χ3n) is 7.14. The van der Waals surface area contributed by atoms with Crippen LogP contribution in [0, 0.1) is 6.92 Å². The molecule has 2 aromatic rings. The highest BCUT2D eigenvalue weighted by Crippen LogP contribution is 2.36. The molecule has 1 aromatic heterocycles. The maximum absolute atomic E-state index is 13.8. The van der Waals surface area contributed by atoms with Gasteiger partial charge in [-0.15, -0.1) is 0 Å². The lowest BCUT2D eigenvalue weighted by molar-refractivity contribution is 0.00578. The maximum atomic E-state index is 13.8. The zero-order valence-electron chi connectivity index (χ0n) is 20.4. The Kier molecular flexibility index (Phi) is 6.44. The van der Waals surface area contributed by atoms with Gasteiger partial charge in [0.05, 0.1) is 17.2 Å². The SMILES string of the molecule is Cc1cccnc1N(C(=O)c1ccc(B2OC(C)(C)C(C)(C)O2)cc1)[C@@H]1CCCN(C(=O)O)C1. The molecule has 9 heteroatoms. The molecule has 1 atom stereocenters. The van der Waals surface area contributed by atoms with Gasteiger partial charge in [-0.1, -0.05) is 18.2 Å². The number of likely N-dealkylation sites (tertiary alicyclic amines) is 1. The van der Waals surface area contributed by atoms with Crippen molar-refractivity contribution in [2.24, 2.45) is 0 Å². The van der Waals surface area contributed by atoms with E-state index in [0.29, 0.717) is 30.8 Å². The second kappa shape index (κ2) is 9.04. The van der Waals surface area contributed by atoms with E-state index < -0.39 is 24.4 Å². The van der Waals surface area contributed by atoms with Crippen molar-refractivity contribution in [3.05, 3.63) is 53.7 Å². The number of carboxylic acid groups (broad SMARTS) is 1. The first kappa shape index (κ1) is 24.2. The van der Waals surface area contributed by atoms with Crippen LogP contribution in [0.25, 0.3) is 0 Å². The summed E-state index contributed by atoms with van der Waals surface area (Å²) in [6, 6.07) is 10.7. The number of hydrogen-bond acceptors (Lipinski definition) is 5. The van der Waals surface area contributed by atoms with Gasteiger partial charge in [0.25, 0.3) is 5.91 Å². The van der Waals surface area contributed by atoms with Crippen LogP contribution in [0.2, 0.25) is 0 Å². The molecule has 1 aromatic carbocycles. The molecule has 2 amide bonds. The highest BCUT2D eigenvalue weighted by atomic mass is 16.7. The third-order valence-corrected chi connectivity index (χ3v) is 7.14. The van der Waals surface area contributed by atoms with Crippen LogP contribution < -0.4 is 10.4 Å². The van der Waals surface area contributed by atoms with Crippen molar-refractivity contribution in [1.82, 2.24) is 9.88 Å². The van der Waals surface area contributed by atoms with E-state index in [9.17, 15) is 14.7 Å². The van der Waals surface area contributed by atoms with Gasteiger partial charge in [0.1, 0.15) is 5.82 Å². The molecule has 34 heavy (non-hydrogen) atoms. The summed E-state index contributed by atoms with van der Waals surface area (Å²) in [6.07, 6.45) is 2.08. The Hall–Kier alpha value is -2.91. The highest BCUT2D eigenvalue weighted by molar-refractivity contribution is 6.62. The van der Waals surface area contributed by atoms with Gasteiger partial charge in [-0.05, 0) is 76.7 Å². The summed E-state index contributed by atoms with van der Waals surface area (Å²) in [5, 5.41) is 9.51. The van der Waals surface area contributed by atoms with E-state index >= 15 is 0 Å². The van der Waals surface area contributed by atoms with Crippen LogP contribution in [0.5, 0.6) is 0 Å². The molecule has 0 unspecified atom stereocenters. The van der Waals surface area contributed by atoms with Gasteiger partial charge in [0, 0.05) is 24.8 Å². The fourth-order valence-corrected chi connectivity index (χ4v) is 4.40. The van der Waals surface area contributed by atoms with Gasteiger partial charge in [0.15, 0.2) is 0 Å². The monoisotopic (exact) mass is 465 g/mol. The normalized spacial score (nSPS) is 21.4. The number of nitrogens with zero attached hydrogens (tertiary/aromatic N) is 3. The molecule has 2 aliphatic heterocycles. The number of carbonyl (C=O) groups is 2. The Morgan fingerprint density at radius 3 is 2.35 bits per heavy atom. The fourth-order valence-electron chi connectivity index (χ4n) is 4.40. The standard InChI is InChI=1S/C25H32BN3O5/c1-17-8-6-14-27-21(17)29(20-9-7-15-28(16-20)23(31)32)22(30)18-10-12-19(13-11-18)26-33-24(2,3)25(4,5)34-26/h6,8,10-14,20H,7,9,15-16H2,1-5H3,(H,31,32)/t20-/m1/s1. The third kappa shape index (κ3) is 4.54. The van der Waals surface area contributed by atoms with Gasteiger partial charge >= 0.3 is 13.2 Å². The van der Waals surface area contributed by atoms with E-state index in [0.717, 1.165) is 11.0 Å². The molecule has 2 saturated heterocycles. The number of pyridine rings is 1. The van der Waals surface area contributed by atoms with Gasteiger partial charge < -0.3 is 19.3 Å². The molecule has 3 heterocycles. The molecule has 180 valence electrons. The van der Waals surface area contributed by atoms with Crippen molar-refractivity contribution >= 4 is 30.4 Å². The van der Waals surface area contributed by atoms with Gasteiger partial charge in [0.2, 0.25) is 0 Å². The average molecular weight is 465 g/mol. The number of aromatic nitrogens is 1. The first-order chi connectivity index (χ1) is 16.0. The van der Waals surface area contributed by atoms with E-state index in [1.54, 1.807) is 23.2 Å². The number of carbonyl (C=O) groups excluding carboxylic acids is 1. The van der Waals surface area contributed by atoms with E-state index in [2.05, 4.69) is 4.98 Å². The Bertz CT molecular complexity index is 1060. The number of anilines is 1. The molecule has 2 aliphatic rings. The molecule has 4 rings (SSSR count). The molecule has 0 saturated carbocycles. The topological polar surface area (TPSA) is 92.2 Å². The van der Waals surface area contributed by atoms with Crippen LogP contribution in [-0.4, -0.2) is 64.4 Å². The van der Waals surface area contributed by atoms with Crippen LogP contribution >= 0.6 is 0 Å². The summed E-state index contributed by atoms with van der Waals surface area (Å²) in [6.45, 7) is 10.6. The van der Waals surface area contributed by atoms with Crippen LogP contribution in [0.3, 0.4) is 0 Å². The van der Waals surface area contributed by atoms with Crippen molar-refractivity contribution in [3.63, 3.8) is 0 Å². The predicted octanol–water partition coefficient (Wildman–Crippen LogP) is 3.48. The Labute approximate surface area is 201 Å². The zero-order valence-corrected chi connectivity index (χ0v) is 20.4. The first-order valence-electron chi connectivity index (χ1n) is 11.7. The van der Waals surface area contributed by atoms with Crippen LogP contribution in [0.1, 0.15) is 56.5 Å². The van der Waals surface area contributed by atoms with Crippen molar-refractivity contribution < 1.29 is 24.0 Å². The fraction of sp³-hybridized carbons (Fsp3) is 0.480. The predicted molar refractivity (Wildman–Crippen MR) is 131 cm³/mol. The minimum absolute atomic E-state index is 0.209. The van der Waals surface area contributed by atoms with E-state index in [4.69, 9.17) is 9.31 Å². The molecular weight excluding hydrogens is 433 g/mol. The highest BCUT2D eigenvalue weighted by Gasteiger charge is 2.51. The molecule has 0 bridgehead atoms. The minimum atomic E-state index is -0.971. The summed E-state index contributed by atoms with van der Waals surface area (Å²) >= 11 is 0. The van der Waals surface area contributed by atoms with Crippen LogP contribution in [0.4, 0.5) is 10.6 Å². The molecule has 0 radical (unpaired) electrons. The van der Waals surface area contributed by atoms with E-state index in [1.807, 2.05) is 58.9 Å². The summed E-state index contributed by atoms with van der Waals surface area (Å²) in [4.78, 5) is 32.9. The molecule has 1 N–H and O–H groups in total. The lowest BCUT2D eigenvalue weighted by atomic mass is 9.79. The Balaban J connectivity index is 1.62. The molecule has 8 nitrogen and oxygen atoms in total. The minimum Gasteiger partial charge on any atom is -0.465 e. The lowest BCUT2D eigenvalue weighted by Crippen LogP contribution is -2.52. The van der Waals surface area contributed by atoms with Crippen LogP contribution in [-0.2, 0) is 9.31 Å². The average Bonchev–Trinajstić information content (AvgIpc) is 3.02. The number of piperidine rings is 1. The second-order valence-corrected chi connectivity index (χ2v) is 10.1. The van der Waals surface area contributed by atoms with Gasteiger partial charge in [-0.25, -0.2) is 9.78 Å². The quantitative estimate of drug-likeness (QED) is 0.696. The van der Waals surface area contributed by atoms with Crippen LogP contribution in [0.15, 0.2) is 42.6 Å². The zero-order chi connectivity index (χ0) is 24.7. The van der Waals surface area contributed by atoms with Crippen molar-refractivity contribution in [2.45, 2.75) is 64.7 Å². The molecular formula is C25H32BN3O5. The summed E-state index contributed by atoms with van der Waals surface area (Å²) in [5.74, 6) is 0.347. The van der Waals surface area contributed by atoms with Gasteiger partial charge in [-0.2, -0.15) is 0 Å². The number of hydrogen-bond donors (Lipinski definition) is 1. The number of benzene rings is 1. The smallest absolute Gasteiger partial charge is 0.465 e. The molecule has 0 spiro atoms. The first-order valence-corrected chi connectivity index (χ1v) is 11.7. The van der Waals surface area contributed by atoms with Crippen molar-refractivity contribution in [1.29, 1.82) is 0 Å². The Morgan fingerprint density at radius 2 is 1.76 bits per heavy atom. The number of aryl methyl sites for hydroxylation is 1. The van der Waals surface area contributed by atoms with E-state index in [1.165, 1.54) is 4.90 Å². The van der Waals surface area contributed by atoms with Crippen molar-refractivity contribution in [3.8, 4) is 0 Å². The lowest BCUT2D eigenvalue weighted by Gasteiger charge is -2.38. The molecule has 0 aliphatic carbocycles. The number of rotatable bonds is 4. The van der Waals surface area contributed by atoms with Gasteiger partial charge in [-0.3, -0.25) is 9.69 Å². The second-order valence-electron chi connectivity index (χ2n) is 10.1. The summed E-state index contributed by atoms with van der Waals surface area (Å²) < 4.78 is 12.2. The van der Waals surface area contributed by atoms with E-state index in [-0.39, 0.29) is 18.5 Å². The largest absolute Gasteiger partial charge is 0.494 e. The summed E-state index contributed by atoms with van der Waals surface area (Å²) in [5.41, 5.74) is 1.30. The Morgan fingerprint density at radius 1 is 1.12 bits per heavy atom. The van der Waals surface area contributed by atoms with Crippen molar-refractivity contribution in [2.75, 3.05) is 18.0 Å².